The van der Waals surface area contributed by atoms with Crippen LogP contribution in [-0.4, -0.2) is 37.5 Å². The maximum atomic E-state index is 12.9. The first-order valence-corrected chi connectivity index (χ1v) is 9.38. The molecule has 0 aliphatic carbocycles. The molecule has 1 heterocycles. The molecule has 120 valence electrons. The van der Waals surface area contributed by atoms with E-state index in [-0.39, 0.29) is 4.90 Å². The number of hydrogen-bond donors (Lipinski definition) is 0. The lowest BCUT2D eigenvalue weighted by molar-refractivity contribution is 0.538. The van der Waals surface area contributed by atoms with Gasteiger partial charge in [-0.25, -0.2) is 12.7 Å². The van der Waals surface area contributed by atoms with E-state index in [1.54, 1.807) is 12.1 Å². The monoisotopic (exact) mass is 348 g/mol. The van der Waals surface area contributed by atoms with Crippen molar-refractivity contribution in [3.05, 3.63) is 65.7 Å². The molecule has 0 saturated heterocycles. The lowest BCUT2D eigenvalue weighted by atomic mass is 10.2. The van der Waals surface area contributed by atoms with E-state index in [2.05, 4.69) is 4.99 Å². The molecule has 0 saturated carbocycles. The van der Waals surface area contributed by atoms with Crippen molar-refractivity contribution in [3.8, 4) is 0 Å². The quantitative estimate of drug-likeness (QED) is 0.780. The molecular formula is C17H17ClN2O2S. The molecule has 0 aromatic heterocycles. The van der Waals surface area contributed by atoms with E-state index in [1.807, 2.05) is 42.5 Å². The van der Waals surface area contributed by atoms with Gasteiger partial charge in [-0.15, -0.1) is 11.6 Å². The van der Waals surface area contributed by atoms with E-state index in [0.717, 1.165) is 17.5 Å². The van der Waals surface area contributed by atoms with Gasteiger partial charge >= 0.3 is 0 Å². The van der Waals surface area contributed by atoms with E-state index in [1.165, 1.54) is 4.31 Å². The number of alkyl halides is 1. The summed E-state index contributed by atoms with van der Waals surface area (Å²) >= 11 is 5.71. The van der Waals surface area contributed by atoms with Gasteiger partial charge in [0.05, 0.1) is 18.0 Å². The fourth-order valence-electron chi connectivity index (χ4n) is 2.55. The molecule has 2 aromatic carbocycles. The Kier molecular flexibility index (Phi) is 4.68. The Morgan fingerprint density at radius 3 is 2.39 bits per heavy atom. The topological polar surface area (TPSA) is 49.7 Å². The van der Waals surface area contributed by atoms with Crippen LogP contribution in [0.25, 0.3) is 0 Å². The normalized spacial score (nSPS) is 14.8. The van der Waals surface area contributed by atoms with Gasteiger partial charge in [-0.1, -0.05) is 42.5 Å². The van der Waals surface area contributed by atoms with Crippen LogP contribution in [-0.2, 0) is 16.4 Å². The number of nitrogens with zero attached hydrogens (tertiary/aromatic N) is 2. The van der Waals surface area contributed by atoms with E-state index in [9.17, 15) is 8.42 Å². The van der Waals surface area contributed by atoms with Crippen LogP contribution in [0.5, 0.6) is 0 Å². The van der Waals surface area contributed by atoms with E-state index in [4.69, 9.17) is 11.6 Å². The Labute approximate surface area is 141 Å². The van der Waals surface area contributed by atoms with Crippen molar-refractivity contribution in [2.24, 2.45) is 4.99 Å². The number of rotatable bonds is 5. The summed E-state index contributed by atoms with van der Waals surface area (Å²) in [5, 5.41) is 0. The molecule has 0 N–H and O–H groups in total. The molecular weight excluding hydrogens is 332 g/mol. The summed E-state index contributed by atoms with van der Waals surface area (Å²) in [6.45, 7) is 0.851. The van der Waals surface area contributed by atoms with Gasteiger partial charge < -0.3 is 0 Å². The van der Waals surface area contributed by atoms with E-state index in [0.29, 0.717) is 24.8 Å². The second kappa shape index (κ2) is 6.72. The SMILES string of the molecule is O=S(=O)(c1ccc(CCCl)cc1)N1CCN=C1c1ccccc1. The van der Waals surface area contributed by atoms with Crippen LogP contribution in [0.4, 0.5) is 0 Å². The van der Waals surface area contributed by atoms with Gasteiger partial charge in [-0.2, -0.15) is 0 Å². The standard InChI is InChI=1S/C17H17ClN2O2S/c18-11-10-14-6-8-16(9-7-14)23(21,22)20-13-12-19-17(20)15-4-2-1-3-5-15/h1-9H,10-13H2. The molecule has 6 heteroatoms. The van der Waals surface area contributed by atoms with Gasteiger partial charge in [0.2, 0.25) is 0 Å². The molecule has 23 heavy (non-hydrogen) atoms. The lowest BCUT2D eigenvalue weighted by Gasteiger charge is -2.20. The largest absolute Gasteiger partial charge is 0.265 e. The predicted molar refractivity (Wildman–Crippen MR) is 92.6 cm³/mol. The molecule has 0 amide bonds. The van der Waals surface area contributed by atoms with Gasteiger partial charge in [-0.05, 0) is 24.1 Å². The summed E-state index contributed by atoms with van der Waals surface area (Å²) in [6.07, 6.45) is 0.725. The van der Waals surface area contributed by atoms with Crippen molar-refractivity contribution in [1.82, 2.24) is 4.31 Å². The Morgan fingerprint density at radius 2 is 1.74 bits per heavy atom. The van der Waals surface area contributed by atoms with Gasteiger partial charge in [0.1, 0.15) is 5.84 Å². The van der Waals surface area contributed by atoms with Crippen LogP contribution in [0.1, 0.15) is 11.1 Å². The first kappa shape index (κ1) is 16.0. The lowest BCUT2D eigenvalue weighted by Crippen LogP contribution is -2.34. The maximum Gasteiger partial charge on any atom is 0.265 e. The summed E-state index contributed by atoms with van der Waals surface area (Å²) < 4.78 is 27.2. The zero-order chi connectivity index (χ0) is 16.3. The first-order chi connectivity index (χ1) is 11.1. The second-order valence-corrected chi connectivity index (χ2v) is 7.47. The second-order valence-electron chi connectivity index (χ2n) is 5.23. The predicted octanol–water partition coefficient (Wildman–Crippen LogP) is 2.92. The summed E-state index contributed by atoms with van der Waals surface area (Å²) in [7, 11) is -3.60. The third-order valence-corrected chi connectivity index (χ3v) is 5.72. The molecule has 0 fully saturated rings. The number of aryl methyl sites for hydroxylation is 1. The van der Waals surface area contributed by atoms with Gasteiger partial charge in [0.25, 0.3) is 10.0 Å². The number of hydrogen-bond acceptors (Lipinski definition) is 3. The Bertz CT molecular complexity index is 802. The summed E-state index contributed by atoms with van der Waals surface area (Å²) in [5.74, 6) is 1.03. The average molecular weight is 349 g/mol. The van der Waals surface area contributed by atoms with Crippen molar-refractivity contribution in [2.45, 2.75) is 11.3 Å². The molecule has 4 nitrogen and oxygen atoms in total. The zero-order valence-electron chi connectivity index (χ0n) is 12.5. The van der Waals surface area contributed by atoms with Gasteiger partial charge in [0, 0.05) is 11.4 Å². The number of aliphatic imine (C=N–C) groups is 1. The molecule has 2 aromatic rings. The van der Waals surface area contributed by atoms with Gasteiger partial charge in [0.15, 0.2) is 0 Å². The number of benzene rings is 2. The number of sulfonamides is 1. The zero-order valence-corrected chi connectivity index (χ0v) is 14.1. The van der Waals surface area contributed by atoms with Crippen molar-refractivity contribution < 1.29 is 8.42 Å². The molecule has 0 atom stereocenters. The van der Waals surface area contributed by atoms with Crippen molar-refractivity contribution in [3.63, 3.8) is 0 Å². The number of halogens is 1. The third-order valence-electron chi connectivity index (χ3n) is 3.73. The van der Waals surface area contributed by atoms with Crippen molar-refractivity contribution in [2.75, 3.05) is 19.0 Å². The highest BCUT2D eigenvalue weighted by Crippen LogP contribution is 2.22. The molecule has 1 aliphatic rings. The highest BCUT2D eigenvalue weighted by Gasteiger charge is 2.31. The van der Waals surface area contributed by atoms with Crippen LogP contribution in [0.15, 0.2) is 64.5 Å². The minimum Gasteiger partial charge on any atom is -0.265 e. The Morgan fingerprint density at radius 1 is 1.04 bits per heavy atom. The highest BCUT2D eigenvalue weighted by atomic mass is 35.5. The summed E-state index contributed by atoms with van der Waals surface area (Å²) in [5.41, 5.74) is 1.84. The van der Waals surface area contributed by atoms with Crippen molar-refractivity contribution >= 4 is 27.5 Å². The smallest absolute Gasteiger partial charge is 0.265 e. The van der Waals surface area contributed by atoms with Crippen LogP contribution < -0.4 is 0 Å². The summed E-state index contributed by atoms with van der Waals surface area (Å²) in [4.78, 5) is 4.65. The fraction of sp³-hybridized carbons (Fsp3) is 0.235. The van der Waals surface area contributed by atoms with Crippen LogP contribution >= 0.6 is 11.6 Å². The van der Waals surface area contributed by atoms with Crippen LogP contribution in [0, 0.1) is 0 Å². The highest BCUT2D eigenvalue weighted by molar-refractivity contribution is 7.89. The molecule has 1 aliphatic heterocycles. The third kappa shape index (κ3) is 3.26. The first-order valence-electron chi connectivity index (χ1n) is 7.40. The molecule has 0 bridgehead atoms. The molecule has 0 spiro atoms. The molecule has 3 rings (SSSR count). The van der Waals surface area contributed by atoms with Gasteiger partial charge in [-0.3, -0.25) is 4.99 Å². The Balaban J connectivity index is 1.91. The molecule has 0 radical (unpaired) electrons. The fourth-order valence-corrected chi connectivity index (χ4v) is 4.22. The molecule has 0 unspecified atom stereocenters. The van der Waals surface area contributed by atoms with E-state index >= 15 is 0 Å². The summed E-state index contributed by atoms with van der Waals surface area (Å²) in [6, 6.07) is 16.3. The minimum atomic E-state index is -3.60. The van der Waals surface area contributed by atoms with Crippen LogP contribution in [0.3, 0.4) is 0 Å². The van der Waals surface area contributed by atoms with E-state index < -0.39 is 10.0 Å². The average Bonchev–Trinajstić information content (AvgIpc) is 3.07. The van der Waals surface area contributed by atoms with Crippen LogP contribution in [0.2, 0.25) is 0 Å². The number of amidine groups is 1. The minimum absolute atomic E-state index is 0.279. The maximum absolute atomic E-state index is 12.9. The van der Waals surface area contributed by atoms with Crippen molar-refractivity contribution in [1.29, 1.82) is 0 Å². The Hall–Kier alpha value is -1.85.